The first-order valence-corrected chi connectivity index (χ1v) is 8.44. The molecule has 0 spiro atoms. The first-order valence-electron chi connectivity index (χ1n) is 8.44. The van der Waals surface area contributed by atoms with Gasteiger partial charge in [-0.2, -0.15) is 0 Å². The number of amides is 2. The van der Waals surface area contributed by atoms with Crippen molar-refractivity contribution < 1.29 is 28.2 Å². The number of hydrogen-bond acceptors (Lipinski definition) is 5. The summed E-state index contributed by atoms with van der Waals surface area (Å²) in [5.74, 6) is -1.69. The van der Waals surface area contributed by atoms with E-state index in [0.29, 0.717) is 11.1 Å². The number of carbonyl (C=O) groups is 2. The summed E-state index contributed by atoms with van der Waals surface area (Å²) in [5.41, 5.74) is 3.84. The number of ether oxygens (including phenoxy) is 1. The van der Waals surface area contributed by atoms with Crippen LogP contribution in [0.4, 0.5) is 4.39 Å². The molecule has 3 rings (SSSR count). The lowest BCUT2D eigenvalue weighted by Gasteiger charge is -2.24. The zero-order valence-electron chi connectivity index (χ0n) is 15.3. The van der Waals surface area contributed by atoms with Gasteiger partial charge in [-0.25, -0.2) is 4.39 Å². The first kappa shape index (κ1) is 19.4. The SMILES string of the molecule is Cc1oc2cc(F)c(Oc3ccccc3)cc2c1C(=O)N[C@@](C)(CO)C(N)=O. The summed E-state index contributed by atoms with van der Waals surface area (Å²) in [5, 5.41) is 12.1. The van der Waals surface area contributed by atoms with Crippen LogP contribution in [0, 0.1) is 12.7 Å². The maximum absolute atomic E-state index is 14.4. The Balaban J connectivity index is 2.03. The van der Waals surface area contributed by atoms with E-state index in [4.69, 9.17) is 14.9 Å². The van der Waals surface area contributed by atoms with Crippen molar-refractivity contribution in [2.75, 3.05) is 6.61 Å². The molecule has 3 aromatic rings. The second-order valence-corrected chi connectivity index (χ2v) is 6.54. The Morgan fingerprint density at radius 1 is 1.29 bits per heavy atom. The minimum Gasteiger partial charge on any atom is -0.460 e. The lowest BCUT2D eigenvalue weighted by Crippen LogP contribution is -2.57. The highest BCUT2D eigenvalue weighted by atomic mass is 19.1. The minimum absolute atomic E-state index is 0.0895. The number of nitrogens with two attached hydrogens (primary N) is 1. The van der Waals surface area contributed by atoms with Crippen LogP contribution in [0.2, 0.25) is 0 Å². The first-order chi connectivity index (χ1) is 13.2. The lowest BCUT2D eigenvalue weighted by molar-refractivity contribution is -0.124. The summed E-state index contributed by atoms with van der Waals surface area (Å²) in [6.45, 7) is 2.15. The van der Waals surface area contributed by atoms with Gasteiger partial charge in [0.05, 0.1) is 12.2 Å². The fraction of sp³-hybridized carbons (Fsp3) is 0.200. The van der Waals surface area contributed by atoms with Crippen LogP contribution in [0.1, 0.15) is 23.0 Å². The fourth-order valence-corrected chi connectivity index (χ4v) is 2.69. The molecule has 28 heavy (non-hydrogen) atoms. The molecular weight excluding hydrogens is 367 g/mol. The van der Waals surface area contributed by atoms with Gasteiger partial charge in [-0.05, 0) is 32.0 Å². The molecule has 0 saturated heterocycles. The van der Waals surface area contributed by atoms with Crippen molar-refractivity contribution in [3.05, 3.63) is 59.6 Å². The molecule has 0 fully saturated rings. The number of nitrogens with one attached hydrogen (secondary N) is 1. The maximum Gasteiger partial charge on any atom is 0.256 e. The zero-order valence-corrected chi connectivity index (χ0v) is 15.3. The number of carbonyl (C=O) groups excluding carboxylic acids is 2. The van der Waals surface area contributed by atoms with Gasteiger partial charge >= 0.3 is 0 Å². The largest absolute Gasteiger partial charge is 0.460 e. The smallest absolute Gasteiger partial charge is 0.256 e. The van der Waals surface area contributed by atoms with Gasteiger partial charge in [-0.15, -0.1) is 0 Å². The molecule has 4 N–H and O–H groups in total. The average molecular weight is 386 g/mol. The van der Waals surface area contributed by atoms with Crippen LogP contribution in [-0.2, 0) is 4.79 Å². The van der Waals surface area contributed by atoms with E-state index in [2.05, 4.69) is 5.32 Å². The number of benzene rings is 2. The minimum atomic E-state index is -1.66. The quantitative estimate of drug-likeness (QED) is 0.602. The molecule has 0 aliphatic rings. The molecule has 146 valence electrons. The fourth-order valence-electron chi connectivity index (χ4n) is 2.69. The highest BCUT2D eigenvalue weighted by molar-refractivity contribution is 6.09. The van der Waals surface area contributed by atoms with Crippen molar-refractivity contribution in [2.45, 2.75) is 19.4 Å². The molecule has 1 heterocycles. The van der Waals surface area contributed by atoms with E-state index in [1.165, 1.54) is 19.9 Å². The molecule has 1 atom stereocenters. The summed E-state index contributed by atoms with van der Waals surface area (Å²) in [4.78, 5) is 24.3. The molecule has 0 bridgehead atoms. The van der Waals surface area contributed by atoms with Gasteiger partial charge < -0.3 is 25.3 Å². The third-order valence-corrected chi connectivity index (χ3v) is 4.37. The number of fused-ring (bicyclic) bond motifs is 1. The maximum atomic E-state index is 14.4. The van der Waals surface area contributed by atoms with Crippen LogP contribution >= 0.6 is 0 Å². The Morgan fingerprint density at radius 2 is 1.96 bits per heavy atom. The van der Waals surface area contributed by atoms with Gasteiger partial charge in [0.1, 0.15) is 22.6 Å². The predicted molar refractivity (Wildman–Crippen MR) is 99.6 cm³/mol. The number of rotatable bonds is 6. The molecular formula is C20H19FN2O5. The number of primary amides is 1. The van der Waals surface area contributed by atoms with Gasteiger partial charge in [0.2, 0.25) is 5.91 Å². The second-order valence-electron chi connectivity index (χ2n) is 6.54. The monoisotopic (exact) mass is 386 g/mol. The summed E-state index contributed by atoms with van der Waals surface area (Å²) in [6.07, 6.45) is 0. The number of furan rings is 1. The highest BCUT2D eigenvalue weighted by Crippen LogP contribution is 2.33. The van der Waals surface area contributed by atoms with Crippen LogP contribution in [0.15, 0.2) is 46.9 Å². The summed E-state index contributed by atoms with van der Waals surface area (Å²) in [7, 11) is 0. The Hall–Kier alpha value is -3.39. The number of aliphatic hydroxyl groups excluding tert-OH is 1. The third kappa shape index (κ3) is 3.54. The zero-order chi connectivity index (χ0) is 20.5. The van der Waals surface area contributed by atoms with E-state index in [9.17, 15) is 19.1 Å². The van der Waals surface area contributed by atoms with Gasteiger partial charge in [0.25, 0.3) is 5.91 Å². The molecule has 0 radical (unpaired) electrons. The standard InChI is InChI=1S/C20H19FN2O5/c1-11-17(18(25)23-20(2,10-24)19(22)26)13-8-16(14(21)9-15(13)27-11)28-12-6-4-3-5-7-12/h3-9,24H,10H2,1-2H3,(H2,22,26)(H,23,25)/t20-/m0/s1. The van der Waals surface area contributed by atoms with Crippen molar-refractivity contribution in [3.63, 3.8) is 0 Å². The van der Waals surface area contributed by atoms with Gasteiger partial charge in [0.15, 0.2) is 11.6 Å². The summed E-state index contributed by atoms with van der Waals surface area (Å²) >= 11 is 0. The Kier molecular flexibility index (Phi) is 5.06. The van der Waals surface area contributed by atoms with E-state index in [0.717, 1.165) is 6.07 Å². The lowest BCUT2D eigenvalue weighted by atomic mass is 10.0. The third-order valence-electron chi connectivity index (χ3n) is 4.37. The molecule has 1 aromatic heterocycles. The van der Waals surface area contributed by atoms with E-state index in [1.54, 1.807) is 30.3 Å². The van der Waals surface area contributed by atoms with E-state index in [-0.39, 0.29) is 22.7 Å². The molecule has 2 aromatic carbocycles. The number of hydrogen-bond donors (Lipinski definition) is 3. The molecule has 0 saturated carbocycles. The summed E-state index contributed by atoms with van der Waals surface area (Å²) in [6, 6.07) is 11.1. The Bertz CT molecular complexity index is 1050. The van der Waals surface area contributed by atoms with E-state index >= 15 is 0 Å². The van der Waals surface area contributed by atoms with Crippen molar-refractivity contribution in [2.24, 2.45) is 5.73 Å². The van der Waals surface area contributed by atoms with E-state index < -0.39 is 29.8 Å². The number of halogens is 1. The van der Waals surface area contributed by atoms with E-state index in [1.807, 2.05) is 0 Å². The van der Waals surface area contributed by atoms with Crippen LogP contribution in [0.25, 0.3) is 11.0 Å². The topological polar surface area (TPSA) is 115 Å². The van der Waals surface area contributed by atoms with Crippen molar-refractivity contribution in [1.29, 1.82) is 0 Å². The van der Waals surface area contributed by atoms with Crippen LogP contribution in [-0.4, -0.2) is 29.1 Å². The Labute approximate surface area is 159 Å². The molecule has 0 aliphatic heterocycles. The van der Waals surface area contributed by atoms with Crippen molar-refractivity contribution in [1.82, 2.24) is 5.32 Å². The molecule has 7 nitrogen and oxygen atoms in total. The average Bonchev–Trinajstić information content (AvgIpc) is 2.97. The van der Waals surface area contributed by atoms with Gasteiger partial charge in [-0.1, -0.05) is 18.2 Å². The van der Waals surface area contributed by atoms with Crippen molar-refractivity contribution in [3.8, 4) is 11.5 Å². The predicted octanol–water partition coefficient (Wildman–Crippen LogP) is 2.64. The molecule has 0 aliphatic carbocycles. The highest BCUT2D eigenvalue weighted by Gasteiger charge is 2.34. The van der Waals surface area contributed by atoms with Crippen molar-refractivity contribution >= 4 is 22.8 Å². The Morgan fingerprint density at radius 3 is 2.57 bits per heavy atom. The molecule has 0 unspecified atom stereocenters. The summed E-state index contributed by atoms with van der Waals surface area (Å²) < 4.78 is 25.4. The van der Waals surface area contributed by atoms with Crippen LogP contribution in [0.3, 0.4) is 0 Å². The number of aryl methyl sites for hydroxylation is 1. The molecule has 2 amide bonds. The van der Waals surface area contributed by atoms with Crippen LogP contribution in [0.5, 0.6) is 11.5 Å². The van der Waals surface area contributed by atoms with Crippen LogP contribution < -0.4 is 15.8 Å². The molecule has 8 heteroatoms. The normalized spacial score (nSPS) is 13.1. The second kappa shape index (κ2) is 7.32. The number of para-hydroxylation sites is 1. The number of aliphatic hydroxyl groups is 1. The van der Waals surface area contributed by atoms with Gasteiger partial charge in [0, 0.05) is 11.5 Å². The van der Waals surface area contributed by atoms with Gasteiger partial charge in [-0.3, -0.25) is 9.59 Å².